The van der Waals surface area contributed by atoms with Gasteiger partial charge in [0.05, 0.1) is 26.9 Å². The maximum Gasteiger partial charge on any atom is 0.322 e. The predicted octanol–water partition coefficient (Wildman–Crippen LogP) is 1.22. The average Bonchev–Trinajstić information content (AvgIpc) is 3.29. The summed E-state index contributed by atoms with van der Waals surface area (Å²) in [6.45, 7) is 3.32. The average molecular weight is 436 g/mol. The van der Waals surface area contributed by atoms with Crippen LogP contribution in [0.2, 0.25) is 0 Å². The number of ether oxygens (including phenoxy) is 2. The summed E-state index contributed by atoms with van der Waals surface area (Å²) in [7, 11) is 1.55. The number of rotatable bonds is 5. The molecule has 3 aliphatic rings. The highest BCUT2D eigenvalue weighted by Gasteiger charge is 2.50. The first-order valence-corrected chi connectivity index (χ1v) is 10.5. The maximum absolute atomic E-state index is 13.1. The molecule has 0 aliphatic carbocycles. The molecule has 0 saturated carbocycles. The van der Waals surface area contributed by atoms with E-state index in [1.54, 1.807) is 24.1 Å². The summed E-state index contributed by atoms with van der Waals surface area (Å²) in [5.74, 6) is -0.0700. The van der Waals surface area contributed by atoms with Crippen molar-refractivity contribution in [3.8, 4) is 5.75 Å². The van der Waals surface area contributed by atoms with E-state index in [1.165, 1.54) is 0 Å². The Kier molecular flexibility index (Phi) is 4.97. The van der Waals surface area contributed by atoms with Gasteiger partial charge >= 0.3 is 6.03 Å². The van der Waals surface area contributed by atoms with Crippen LogP contribution in [-0.2, 0) is 21.6 Å². The highest BCUT2D eigenvalue weighted by Crippen LogP contribution is 2.33. The molecule has 3 heterocycles. The molecule has 4 amide bonds. The third-order valence-electron chi connectivity index (χ3n) is 6.30. The smallest absolute Gasteiger partial charge is 0.322 e. The Morgan fingerprint density at radius 2 is 1.81 bits per heavy atom. The molecule has 2 N–H and O–H groups in total. The van der Waals surface area contributed by atoms with E-state index >= 15 is 0 Å². The van der Waals surface area contributed by atoms with Crippen LogP contribution in [0.5, 0.6) is 5.75 Å². The maximum atomic E-state index is 13.1. The van der Waals surface area contributed by atoms with Crippen molar-refractivity contribution in [3.05, 3.63) is 59.2 Å². The van der Waals surface area contributed by atoms with E-state index in [1.807, 2.05) is 30.3 Å². The lowest BCUT2D eigenvalue weighted by molar-refractivity contribution is -0.124. The zero-order chi connectivity index (χ0) is 22.3. The predicted molar refractivity (Wildman–Crippen MR) is 116 cm³/mol. The van der Waals surface area contributed by atoms with Crippen LogP contribution in [0.3, 0.4) is 0 Å². The molecule has 2 fully saturated rings. The minimum Gasteiger partial charge on any atom is -0.497 e. The summed E-state index contributed by atoms with van der Waals surface area (Å²) in [4.78, 5) is 42.0. The van der Waals surface area contributed by atoms with Crippen LogP contribution < -0.4 is 20.3 Å². The number of hydrogen-bond donors (Lipinski definition) is 2. The molecule has 3 aliphatic heterocycles. The van der Waals surface area contributed by atoms with Gasteiger partial charge < -0.3 is 24.6 Å². The van der Waals surface area contributed by atoms with Crippen molar-refractivity contribution >= 4 is 23.5 Å². The topological polar surface area (TPSA) is 100 Å². The van der Waals surface area contributed by atoms with Gasteiger partial charge in [-0.25, -0.2) is 4.79 Å². The number of amides is 4. The minimum absolute atomic E-state index is 0.0251. The fourth-order valence-corrected chi connectivity index (χ4v) is 4.56. The van der Waals surface area contributed by atoms with Crippen molar-refractivity contribution in [2.45, 2.75) is 12.1 Å². The molecule has 0 aromatic heterocycles. The number of hydrogen-bond acceptors (Lipinski definition) is 6. The van der Waals surface area contributed by atoms with Crippen molar-refractivity contribution < 1.29 is 23.9 Å². The van der Waals surface area contributed by atoms with Crippen LogP contribution in [0, 0.1) is 0 Å². The van der Waals surface area contributed by atoms with Gasteiger partial charge in [0, 0.05) is 30.9 Å². The normalized spacial score (nSPS) is 22.6. The van der Waals surface area contributed by atoms with Gasteiger partial charge in [-0.3, -0.25) is 14.9 Å². The molecule has 2 aromatic carbocycles. The van der Waals surface area contributed by atoms with Gasteiger partial charge in [0.15, 0.2) is 5.54 Å². The van der Waals surface area contributed by atoms with Crippen LogP contribution in [0.25, 0.3) is 0 Å². The van der Waals surface area contributed by atoms with Gasteiger partial charge in [0.2, 0.25) is 0 Å². The van der Waals surface area contributed by atoms with E-state index in [4.69, 9.17) is 9.47 Å². The number of anilines is 1. The summed E-state index contributed by atoms with van der Waals surface area (Å²) in [5.41, 5.74) is 1.70. The molecule has 1 atom stereocenters. The van der Waals surface area contributed by atoms with Crippen molar-refractivity contribution in [2.24, 2.45) is 0 Å². The number of carbonyl (C=O) groups excluding carboxylic acids is 3. The van der Waals surface area contributed by atoms with Gasteiger partial charge in [-0.15, -0.1) is 0 Å². The molecule has 166 valence electrons. The van der Waals surface area contributed by atoms with E-state index in [0.717, 1.165) is 24.3 Å². The second-order valence-corrected chi connectivity index (χ2v) is 8.14. The lowest BCUT2D eigenvalue weighted by Gasteiger charge is -2.32. The zero-order valence-electron chi connectivity index (χ0n) is 17.7. The Morgan fingerprint density at radius 1 is 1.06 bits per heavy atom. The van der Waals surface area contributed by atoms with E-state index in [-0.39, 0.29) is 12.5 Å². The van der Waals surface area contributed by atoms with Crippen molar-refractivity contribution in [1.82, 2.24) is 15.5 Å². The summed E-state index contributed by atoms with van der Waals surface area (Å²) in [6, 6.07) is 12.3. The number of imide groups is 1. The van der Waals surface area contributed by atoms with Crippen LogP contribution in [0.15, 0.2) is 42.5 Å². The van der Waals surface area contributed by atoms with Crippen molar-refractivity contribution in [2.75, 3.05) is 44.9 Å². The highest BCUT2D eigenvalue weighted by atomic mass is 16.5. The molecule has 9 heteroatoms. The van der Waals surface area contributed by atoms with E-state index in [2.05, 4.69) is 15.5 Å². The number of methoxy groups -OCH3 is 1. The first-order chi connectivity index (χ1) is 15.5. The summed E-state index contributed by atoms with van der Waals surface area (Å²) >= 11 is 0. The standard InChI is InChI=1S/C23H24N4O5/c1-31-18-7-2-15-13-27(20(28)19(15)12-18)14-23(21(29)24-22(30)25-23)16-3-5-17(6-4-16)26-8-10-32-11-9-26/h2-7,12H,8-11,13-14H2,1H3,(H2,24,25,29,30)/t23-/m0/s1. The van der Waals surface area contributed by atoms with E-state index in [9.17, 15) is 14.4 Å². The number of carbonyl (C=O) groups is 3. The van der Waals surface area contributed by atoms with Gasteiger partial charge in [-0.2, -0.15) is 0 Å². The summed E-state index contributed by atoms with van der Waals surface area (Å²) in [5, 5.41) is 5.12. The van der Waals surface area contributed by atoms with Crippen LogP contribution >= 0.6 is 0 Å². The zero-order valence-corrected chi connectivity index (χ0v) is 17.7. The van der Waals surface area contributed by atoms with Gasteiger partial charge in [0.25, 0.3) is 11.8 Å². The molecule has 0 unspecified atom stereocenters. The molecule has 32 heavy (non-hydrogen) atoms. The molecule has 9 nitrogen and oxygen atoms in total. The molecular formula is C23H24N4O5. The number of benzene rings is 2. The fraction of sp³-hybridized carbons (Fsp3) is 0.348. The fourth-order valence-electron chi connectivity index (χ4n) is 4.56. The summed E-state index contributed by atoms with van der Waals surface area (Å²) in [6.07, 6.45) is 0. The molecule has 0 radical (unpaired) electrons. The second kappa shape index (κ2) is 7.83. The molecule has 5 rings (SSSR count). The number of morpholine rings is 1. The Bertz CT molecular complexity index is 1080. The van der Waals surface area contributed by atoms with Gasteiger partial charge in [0.1, 0.15) is 5.75 Å². The largest absolute Gasteiger partial charge is 0.497 e. The van der Waals surface area contributed by atoms with Crippen LogP contribution in [0.4, 0.5) is 10.5 Å². The molecule has 2 saturated heterocycles. The van der Waals surface area contributed by atoms with Crippen molar-refractivity contribution in [3.63, 3.8) is 0 Å². The Hall–Kier alpha value is -3.59. The number of fused-ring (bicyclic) bond motifs is 1. The third kappa shape index (κ3) is 3.34. The minimum atomic E-state index is -1.36. The SMILES string of the molecule is COc1ccc2c(c1)C(=O)N(C[C@@]1(c3ccc(N4CCOCC4)cc3)NC(=O)NC1=O)C2. The second-order valence-electron chi connectivity index (χ2n) is 8.14. The quantitative estimate of drug-likeness (QED) is 0.684. The number of nitrogens with one attached hydrogen (secondary N) is 2. The highest BCUT2D eigenvalue weighted by molar-refractivity contribution is 6.08. The first kappa shape index (κ1) is 20.3. The Morgan fingerprint density at radius 3 is 2.47 bits per heavy atom. The monoisotopic (exact) mass is 436 g/mol. The van der Waals surface area contributed by atoms with Crippen LogP contribution in [-0.4, -0.2) is 62.7 Å². The van der Waals surface area contributed by atoms with Crippen molar-refractivity contribution in [1.29, 1.82) is 0 Å². The number of nitrogens with zero attached hydrogens (tertiary/aromatic N) is 2. The Balaban J connectivity index is 1.44. The molecule has 0 spiro atoms. The van der Waals surface area contributed by atoms with E-state index < -0.39 is 17.5 Å². The molecule has 2 aromatic rings. The lowest BCUT2D eigenvalue weighted by Crippen LogP contribution is -2.52. The summed E-state index contributed by atoms with van der Waals surface area (Å²) < 4.78 is 10.6. The van der Waals surface area contributed by atoms with Crippen LogP contribution in [0.1, 0.15) is 21.5 Å². The first-order valence-electron chi connectivity index (χ1n) is 10.5. The van der Waals surface area contributed by atoms with Gasteiger partial charge in [-0.1, -0.05) is 18.2 Å². The molecular weight excluding hydrogens is 412 g/mol. The van der Waals surface area contributed by atoms with Gasteiger partial charge in [-0.05, 0) is 35.4 Å². The van der Waals surface area contributed by atoms with E-state index in [0.29, 0.717) is 36.6 Å². The number of urea groups is 1. The third-order valence-corrected chi connectivity index (χ3v) is 6.30. The Labute approximate surface area is 185 Å². The lowest BCUT2D eigenvalue weighted by atomic mass is 9.89. The molecule has 0 bridgehead atoms.